The summed E-state index contributed by atoms with van der Waals surface area (Å²) >= 11 is 3.71. The van der Waals surface area contributed by atoms with Crippen LogP contribution in [0, 0.1) is 13.8 Å². The third-order valence-corrected chi connectivity index (χ3v) is 9.27. The van der Waals surface area contributed by atoms with Crippen molar-refractivity contribution in [3.63, 3.8) is 0 Å². The largest absolute Gasteiger partial charge is 0.136 e. The van der Waals surface area contributed by atoms with Crippen LogP contribution in [-0.4, -0.2) is 0 Å². The number of aryl methyl sites for hydroxylation is 2. The molecule has 0 aliphatic rings. The van der Waals surface area contributed by atoms with E-state index in [1.165, 1.54) is 73.7 Å². The van der Waals surface area contributed by atoms with Gasteiger partial charge in [-0.25, -0.2) is 0 Å². The topological polar surface area (TPSA) is 0 Å². The van der Waals surface area contributed by atoms with Gasteiger partial charge in [0.15, 0.2) is 0 Å². The minimum Gasteiger partial charge on any atom is -0.136 e. The smallest absolute Gasteiger partial charge is 0.0355 e. The molecule has 7 rings (SSSR count). The van der Waals surface area contributed by atoms with Crippen LogP contribution >= 0.6 is 22.7 Å². The molecule has 5 aromatic carbocycles. The van der Waals surface area contributed by atoms with E-state index in [4.69, 9.17) is 0 Å². The Bertz CT molecular complexity index is 1780. The van der Waals surface area contributed by atoms with Gasteiger partial charge in [0.2, 0.25) is 0 Å². The second-order valence-corrected chi connectivity index (χ2v) is 12.3. The summed E-state index contributed by atoms with van der Waals surface area (Å²) in [5.41, 5.74) is 5.05. The van der Waals surface area contributed by atoms with Gasteiger partial charge in [-0.05, 0) is 118 Å². The normalized spacial score (nSPS) is 12.3. The molecule has 0 atom stereocenters. The number of thiophene rings is 2. The zero-order valence-corrected chi connectivity index (χ0v) is 23.0. The molecule has 0 fully saturated rings. The minimum atomic E-state index is 1.23. The second kappa shape index (κ2) is 9.40. The lowest BCUT2D eigenvalue weighted by Crippen LogP contribution is -1.77. The quantitative estimate of drug-likeness (QED) is 0.202. The predicted molar refractivity (Wildman–Crippen MR) is 172 cm³/mol. The fraction of sp³-hybridized carbons (Fsp3) is 0.0556. The molecule has 0 nitrogen and oxygen atoms in total. The van der Waals surface area contributed by atoms with E-state index in [0.717, 1.165) is 0 Å². The van der Waals surface area contributed by atoms with Crippen LogP contribution in [0.25, 0.3) is 66.0 Å². The second-order valence-electron chi connectivity index (χ2n) is 10.1. The van der Waals surface area contributed by atoms with Gasteiger partial charge < -0.3 is 0 Å². The number of rotatable bonds is 4. The van der Waals surface area contributed by atoms with Gasteiger partial charge in [0.25, 0.3) is 0 Å². The van der Waals surface area contributed by atoms with E-state index in [9.17, 15) is 0 Å². The highest BCUT2D eigenvalue weighted by atomic mass is 32.1. The molecule has 182 valence electrons. The van der Waals surface area contributed by atoms with E-state index in [1.54, 1.807) is 0 Å². The van der Waals surface area contributed by atoms with Crippen molar-refractivity contribution in [1.82, 2.24) is 0 Å². The van der Waals surface area contributed by atoms with Crippen molar-refractivity contribution in [2.75, 3.05) is 0 Å². The van der Waals surface area contributed by atoms with E-state index >= 15 is 0 Å². The van der Waals surface area contributed by atoms with E-state index in [-0.39, 0.29) is 0 Å². The van der Waals surface area contributed by atoms with Crippen LogP contribution < -0.4 is 0 Å². The molecule has 2 aromatic heterocycles. The van der Waals surface area contributed by atoms with Crippen LogP contribution in [0.4, 0.5) is 0 Å². The Balaban J connectivity index is 1.23. The average Bonchev–Trinajstić information content (AvgIpc) is 3.51. The molecular formula is C36H26S2. The standard InChI is InChI=1S/C36H26S2/c1-23-3-7-25(8-4-23)11-13-33-19-31-17-27-15-30-22-36-32(18-28(30)16-29(27)21-35(31)37-33)20-34(38-36)14-12-26-9-5-24(2)6-10-26/h3-22H,1-2H3. The molecular weight excluding hydrogens is 497 g/mol. The summed E-state index contributed by atoms with van der Waals surface area (Å²) in [6.45, 7) is 4.25. The highest BCUT2D eigenvalue weighted by molar-refractivity contribution is 7.20. The van der Waals surface area contributed by atoms with Crippen LogP contribution in [0.2, 0.25) is 0 Å². The summed E-state index contributed by atoms with van der Waals surface area (Å²) in [5.74, 6) is 0. The monoisotopic (exact) mass is 522 g/mol. The fourth-order valence-electron chi connectivity index (χ4n) is 4.99. The van der Waals surface area contributed by atoms with Gasteiger partial charge in [0.05, 0.1) is 0 Å². The van der Waals surface area contributed by atoms with Crippen molar-refractivity contribution in [3.05, 3.63) is 129 Å². The van der Waals surface area contributed by atoms with Crippen molar-refractivity contribution in [3.8, 4) is 0 Å². The molecule has 0 N–H and O–H groups in total. The van der Waals surface area contributed by atoms with Crippen molar-refractivity contribution < 1.29 is 0 Å². The fourth-order valence-corrected chi connectivity index (χ4v) is 6.99. The van der Waals surface area contributed by atoms with Crippen LogP contribution in [0.3, 0.4) is 0 Å². The lowest BCUT2D eigenvalue weighted by molar-refractivity contribution is 1.46. The average molecular weight is 523 g/mol. The minimum absolute atomic E-state index is 1.23. The van der Waals surface area contributed by atoms with Crippen LogP contribution in [-0.2, 0) is 0 Å². The number of hydrogen-bond donors (Lipinski definition) is 0. The Labute approximate surface area is 230 Å². The van der Waals surface area contributed by atoms with Crippen LogP contribution in [0.1, 0.15) is 32.0 Å². The van der Waals surface area contributed by atoms with E-state index in [0.29, 0.717) is 0 Å². The summed E-state index contributed by atoms with van der Waals surface area (Å²) in [6.07, 6.45) is 8.87. The van der Waals surface area contributed by atoms with Gasteiger partial charge >= 0.3 is 0 Å². The molecule has 0 amide bonds. The van der Waals surface area contributed by atoms with Crippen LogP contribution in [0.5, 0.6) is 0 Å². The van der Waals surface area contributed by atoms with Gasteiger partial charge in [0.1, 0.15) is 0 Å². The van der Waals surface area contributed by atoms with Crippen molar-refractivity contribution in [1.29, 1.82) is 0 Å². The summed E-state index contributed by atoms with van der Waals surface area (Å²) < 4.78 is 2.67. The molecule has 0 saturated carbocycles. The summed E-state index contributed by atoms with van der Waals surface area (Å²) in [4.78, 5) is 2.57. The van der Waals surface area contributed by atoms with E-state index in [2.05, 4.69) is 135 Å². The maximum atomic E-state index is 2.35. The summed E-state index contributed by atoms with van der Waals surface area (Å²) in [5, 5.41) is 7.82. The Morgan fingerprint density at radius 3 is 1.18 bits per heavy atom. The molecule has 2 heterocycles. The molecule has 0 radical (unpaired) electrons. The zero-order chi connectivity index (χ0) is 25.6. The molecule has 0 bridgehead atoms. The highest BCUT2D eigenvalue weighted by Crippen LogP contribution is 2.36. The first-order valence-corrected chi connectivity index (χ1v) is 14.5. The number of hydrogen-bond acceptors (Lipinski definition) is 2. The Kier molecular flexibility index (Phi) is 5.73. The maximum absolute atomic E-state index is 2.35. The molecule has 0 aliphatic heterocycles. The molecule has 0 spiro atoms. The highest BCUT2D eigenvalue weighted by Gasteiger charge is 2.07. The van der Waals surface area contributed by atoms with E-state index < -0.39 is 0 Å². The first-order chi connectivity index (χ1) is 18.6. The maximum Gasteiger partial charge on any atom is 0.0355 e. The molecule has 2 heteroatoms. The molecule has 0 saturated heterocycles. The van der Waals surface area contributed by atoms with Crippen molar-refractivity contribution in [2.45, 2.75) is 13.8 Å². The zero-order valence-electron chi connectivity index (χ0n) is 21.4. The van der Waals surface area contributed by atoms with Crippen LogP contribution in [0.15, 0.2) is 97.1 Å². The SMILES string of the molecule is Cc1ccc(C=Cc2cc3cc4cc5cc6sc(C=Cc7ccc(C)cc7)cc6cc5cc4cc3s2)cc1. The lowest BCUT2D eigenvalue weighted by Gasteiger charge is -2.04. The first-order valence-electron chi connectivity index (χ1n) is 12.9. The van der Waals surface area contributed by atoms with Gasteiger partial charge in [-0.3, -0.25) is 0 Å². The Morgan fingerprint density at radius 2 is 0.763 bits per heavy atom. The van der Waals surface area contributed by atoms with E-state index in [1.807, 2.05) is 22.7 Å². The Morgan fingerprint density at radius 1 is 0.395 bits per heavy atom. The predicted octanol–water partition coefficient (Wildman–Crippen LogP) is 11.4. The third-order valence-electron chi connectivity index (χ3n) is 7.14. The molecule has 0 unspecified atom stereocenters. The van der Waals surface area contributed by atoms with Gasteiger partial charge in [-0.1, -0.05) is 71.8 Å². The Hall–Kier alpha value is -3.98. The molecule has 7 aromatic rings. The molecule has 0 aliphatic carbocycles. The number of benzene rings is 5. The molecule has 38 heavy (non-hydrogen) atoms. The lowest BCUT2D eigenvalue weighted by atomic mass is 10.0. The van der Waals surface area contributed by atoms with Gasteiger partial charge in [0, 0.05) is 19.2 Å². The van der Waals surface area contributed by atoms with Crippen molar-refractivity contribution in [2.24, 2.45) is 0 Å². The van der Waals surface area contributed by atoms with Gasteiger partial charge in [-0.2, -0.15) is 0 Å². The van der Waals surface area contributed by atoms with Gasteiger partial charge in [-0.15, -0.1) is 22.7 Å². The van der Waals surface area contributed by atoms with Crippen molar-refractivity contribution >= 4 is 88.7 Å². The summed E-state index contributed by atoms with van der Waals surface area (Å²) in [6, 6.07) is 36.1. The summed E-state index contributed by atoms with van der Waals surface area (Å²) in [7, 11) is 0. The third kappa shape index (κ3) is 4.58. The first kappa shape index (κ1) is 23.2. The number of fused-ring (bicyclic) bond motifs is 4.